The zero-order valence-corrected chi connectivity index (χ0v) is 9.71. The van der Waals surface area contributed by atoms with Crippen LogP contribution in [-0.2, 0) is 10.3 Å². The van der Waals surface area contributed by atoms with E-state index < -0.39 is 0 Å². The van der Waals surface area contributed by atoms with Crippen LogP contribution in [0.25, 0.3) is 0 Å². The summed E-state index contributed by atoms with van der Waals surface area (Å²) in [7, 11) is 0. The third kappa shape index (κ3) is 1.61. The number of rotatable bonds is 1. The molecular formula is C14H18O. The Morgan fingerprint density at radius 2 is 1.93 bits per heavy atom. The molecule has 0 unspecified atom stereocenters. The van der Waals surface area contributed by atoms with Crippen LogP contribution >= 0.6 is 0 Å². The van der Waals surface area contributed by atoms with Crippen molar-refractivity contribution in [3.8, 4) is 0 Å². The topological polar surface area (TPSA) is 9.23 Å². The summed E-state index contributed by atoms with van der Waals surface area (Å²) in [6, 6.07) is 8.59. The molecule has 1 heteroatoms. The van der Waals surface area contributed by atoms with E-state index in [0.717, 1.165) is 0 Å². The van der Waals surface area contributed by atoms with E-state index in [0.29, 0.717) is 12.5 Å². The maximum Gasteiger partial charge on any atom is 0.0970 e. The molecule has 0 N–H and O–H groups in total. The molecule has 0 aromatic heterocycles. The molecule has 0 bridgehead atoms. The summed E-state index contributed by atoms with van der Waals surface area (Å²) < 4.78 is 5.89. The molecule has 0 radical (unpaired) electrons. The highest BCUT2D eigenvalue weighted by Gasteiger charge is 2.40. The lowest BCUT2D eigenvalue weighted by molar-refractivity contribution is -0.00581. The van der Waals surface area contributed by atoms with Crippen molar-refractivity contribution in [2.24, 2.45) is 5.92 Å². The minimum Gasteiger partial charge on any atom is -0.366 e. The standard InChI is InChI=1S/C14H18O/c1-10-5-7-13(8-6-10)14(4)12(3)11(2)9-15-14/h5-8,12H,2,9H2,1,3-4H3/t12-,14+/m0/s1. The highest BCUT2D eigenvalue weighted by atomic mass is 16.5. The highest BCUT2D eigenvalue weighted by Crippen LogP contribution is 2.42. The van der Waals surface area contributed by atoms with Gasteiger partial charge in [0.2, 0.25) is 0 Å². The number of ether oxygens (including phenoxy) is 1. The summed E-state index contributed by atoms with van der Waals surface area (Å²) in [4.78, 5) is 0. The normalized spacial score (nSPS) is 30.9. The van der Waals surface area contributed by atoms with Crippen LogP contribution in [0.15, 0.2) is 36.4 Å². The van der Waals surface area contributed by atoms with Crippen LogP contribution in [-0.4, -0.2) is 6.61 Å². The molecule has 1 aliphatic rings. The largest absolute Gasteiger partial charge is 0.366 e. The molecule has 2 atom stereocenters. The number of benzene rings is 1. The third-order valence-corrected chi connectivity index (χ3v) is 3.62. The van der Waals surface area contributed by atoms with Crippen LogP contribution in [0.3, 0.4) is 0 Å². The predicted molar refractivity (Wildman–Crippen MR) is 62.8 cm³/mol. The first-order valence-electron chi connectivity index (χ1n) is 5.43. The Morgan fingerprint density at radius 1 is 1.33 bits per heavy atom. The Bertz CT molecular complexity index is 377. The molecule has 1 fully saturated rings. The Balaban J connectivity index is 2.38. The van der Waals surface area contributed by atoms with Crippen molar-refractivity contribution in [1.82, 2.24) is 0 Å². The van der Waals surface area contributed by atoms with E-state index in [2.05, 4.69) is 51.6 Å². The smallest absolute Gasteiger partial charge is 0.0970 e. The molecule has 1 heterocycles. The van der Waals surface area contributed by atoms with Gasteiger partial charge in [0.25, 0.3) is 0 Å². The monoisotopic (exact) mass is 202 g/mol. The van der Waals surface area contributed by atoms with Crippen LogP contribution in [0.1, 0.15) is 25.0 Å². The van der Waals surface area contributed by atoms with Crippen molar-refractivity contribution < 1.29 is 4.74 Å². The van der Waals surface area contributed by atoms with Crippen LogP contribution < -0.4 is 0 Å². The molecule has 1 aromatic rings. The molecule has 15 heavy (non-hydrogen) atoms. The fourth-order valence-corrected chi connectivity index (χ4v) is 2.10. The first kappa shape index (κ1) is 10.4. The molecule has 80 valence electrons. The second-order valence-electron chi connectivity index (χ2n) is 4.64. The molecule has 0 amide bonds. The Labute approximate surface area is 91.8 Å². The van der Waals surface area contributed by atoms with E-state index in [4.69, 9.17) is 4.74 Å². The molecule has 0 saturated carbocycles. The van der Waals surface area contributed by atoms with Gasteiger partial charge in [-0.1, -0.05) is 43.3 Å². The number of hydrogen-bond donors (Lipinski definition) is 0. The van der Waals surface area contributed by atoms with E-state index in [9.17, 15) is 0 Å². The Morgan fingerprint density at radius 3 is 2.40 bits per heavy atom. The summed E-state index contributed by atoms with van der Waals surface area (Å²) >= 11 is 0. The van der Waals surface area contributed by atoms with Gasteiger partial charge < -0.3 is 4.74 Å². The minimum absolute atomic E-state index is 0.190. The summed E-state index contributed by atoms with van der Waals surface area (Å²) in [6.07, 6.45) is 0. The first-order valence-corrected chi connectivity index (χ1v) is 5.43. The van der Waals surface area contributed by atoms with Gasteiger partial charge in [0.15, 0.2) is 0 Å². The second kappa shape index (κ2) is 3.49. The maximum absolute atomic E-state index is 5.89. The van der Waals surface area contributed by atoms with Gasteiger partial charge in [-0.05, 0) is 25.0 Å². The van der Waals surface area contributed by atoms with Gasteiger partial charge in [-0.15, -0.1) is 0 Å². The van der Waals surface area contributed by atoms with Gasteiger partial charge >= 0.3 is 0 Å². The molecule has 2 rings (SSSR count). The Hall–Kier alpha value is -1.08. The van der Waals surface area contributed by atoms with Gasteiger partial charge in [0.1, 0.15) is 0 Å². The quantitative estimate of drug-likeness (QED) is 0.634. The molecule has 1 aliphatic heterocycles. The second-order valence-corrected chi connectivity index (χ2v) is 4.64. The third-order valence-electron chi connectivity index (χ3n) is 3.62. The van der Waals surface area contributed by atoms with Crippen molar-refractivity contribution in [3.63, 3.8) is 0 Å². The average Bonchev–Trinajstić information content (AvgIpc) is 2.48. The van der Waals surface area contributed by atoms with Crippen molar-refractivity contribution in [1.29, 1.82) is 0 Å². The lowest BCUT2D eigenvalue weighted by atomic mass is 9.82. The predicted octanol–water partition coefficient (Wildman–Crippen LogP) is 3.43. The number of hydrogen-bond acceptors (Lipinski definition) is 1. The fraction of sp³-hybridized carbons (Fsp3) is 0.429. The summed E-state index contributed by atoms with van der Waals surface area (Å²) in [6.45, 7) is 11.2. The van der Waals surface area contributed by atoms with Gasteiger partial charge in [-0.3, -0.25) is 0 Å². The molecule has 0 spiro atoms. The van der Waals surface area contributed by atoms with E-state index in [-0.39, 0.29) is 5.60 Å². The van der Waals surface area contributed by atoms with Gasteiger partial charge in [-0.2, -0.15) is 0 Å². The van der Waals surface area contributed by atoms with E-state index in [1.54, 1.807) is 0 Å². The van der Waals surface area contributed by atoms with Crippen LogP contribution in [0.4, 0.5) is 0 Å². The van der Waals surface area contributed by atoms with Crippen LogP contribution in [0.5, 0.6) is 0 Å². The van der Waals surface area contributed by atoms with Crippen molar-refractivity contribution >= 4 is 0 Å². The van der Waals surface area contributed by atoms with E-state index in [1.165, 1.54) is 16.7 Å². The van der Waals surface area contributed by atoms with E-state index in [1.807, 2.05) is 0 Å². The van der Waals surface area contributed by atoms with Crippen LogP contribution in [0.2, 0.25) is 0 Å². The summed E-state index contributed by atoms with van der Waals surface area (Å²) in [5, 5.41) is 0. The summed E-state index contributed by atoms with van der Waals surface area (Å²) in [5.74, 6) is 0.389. The SMILES string of the molecule is C=C1CO[C@@](C)(c2ccc(C)cc2)[C@H]1C. The lowest BCUT2D eigenvalue weighted by Gasteiger charge is -2.28. The van der Waals surface area contributed by atoms with Gasteiger partial charge in [0, 0.05) is 5.92 Å². The van der Waals surface area contributed by atoms with Gasteiger partial charge in [0.05, 0.1) is 12.2 Å². The minimum atomic E-state index is -0.190. The average molecular weight is 202 g/mol. The van der Waals surface area contributed by atoms with E-state index >= 15 is 0 Å². The number of aryl methyl sites for hydroxylation is 1. The van der Waals surface area contributed by atoms with Crippen molar-refractivity contribution in [2.75, 3.05) is 6.61 Å². The Kier molecular flexibility index (Phi) is 2.43. The van der Waals surface area contributed by atoms with Gasteiger partial charge in [-0.25, -0.2) is 0 Å². The van der Waals surface area contributed by atoms with Crippen molar-refractivity contribution in [3.05, 3.63) is 47.5 Å². The zero-order chi connectivity index (χ0) is 11.1. The zero-order valence-electron chi connectivity index (χ0n) is 9.71. The highest BCUT2D eigenvalue weighted by molar-refractivity contribution is 5.31. The maximum atomic E-state index is 5.89. The first-order chi connectivity index (χ1) is 7.04. The molecule has 1 aromatic carbocycles. The molecule has 0 aliphatic carbocycles. The molecular weight excluding hydrogens is 184 g/mol. The molecule has 1 saturated heterocycles. The summed E-state index contributed by atoms with van der Waals surface area (Å²) in [5.41, 5.74) is 3.54. The van der Waals surface area contributed by atoms with Crippen LogP contribution in [0, 0.1) is 12.8 Å². The fourth-order valence-electron chi connectivity index (χ4n) is 2.10. The lowest BCUT2D eigenvalue weighted by Crippen LogP contribution is -2.27. The molecule has 1 nitrogen and oxygen atoms in total. The van der Waals surface area contributed by atoms with Crippen molar-refractivity contribution in [2.45, 2.75) is 26.4 Å².